The summed E-state index contributed by atoms with van der Waals surface area (Å²) in [6.45, 7) is 3.04. The summed E-state index contributed by atoms with van der Waals surface area (Å²) >= 11 is 6.38. The van der Waals surface area contributed by atoms with Crippen LogP contribution in [0.5, 0.6) is 11.6 Å². The Bertz CT molecular complexity index is 1280. The van der Waals surface area contributed by atoms with E-state index in [1.165, 1.54) is 0 Å². The molecule has 3 aromatic carbocycles. The minimum Gasteiger partial charge on any atom is -0.439 e. The summed E-state index contributed by atoms with van der Waals surface area (Å²) < 4.78 is 8.20. The summed E-state index contributed by atoms with van der Waals surface area (Å²) in [7, 11) is 0. The molecule has 1 fully saturated rings. The Labute approximate surface area is 204 Å². The molecule has 1 heterocycles. The molecule has 4 aromatic rings. The van der Waals surface area contributed by atoms with Crippen LogP contribution in [0.3, 0.4) is 0 Å². The van der Waals surface area contributed by atoms with Crippen LogP contribution in [0, 0.1) is 12.8 Å². The summed E-state index contributed by atoms with van der Waals surface area (Å²) in [5.41, 5.74) is 3.12. The Hall–Kier alpha value is -3.57. The molecule has 0 bridgehead atoms. The first kappa shape index (κ1) is 22.2. The maximum Gasteiger partial charge on any atom is 0.255 e. The number of aromatic nitrogens is 2. The van der Waals surface area contributed by atoms with E-state index in [1.54, 1.807) is 12.1 Å². The molecule has 5 nitrogen and oxygen atoms in total. The number of aryl methyl sites for hydroxylation is 1. The van der Waals surface area contributed by atoms with Crippen LogP contribution in [0.2, 0.25) is 5.02 Å². The molecule has 0 atom stereocenters. The molecule has 1 aliphatic carbocycles. The molecular weight excluding hydrogens is 446 g/mol. The number of carbonyl (C=O) groups is 1. The standard InChI is InChI=1S/C28H26ClN3O2/c1-20-25(19-31(18-21-16-17-21)27(33)24-14-8-9-15-26(24)29)28(34-23-12-6-3-7-13-23)32(30-20)22-10-4-2-5-11-22/h2-15,21H,16-19H2,1H3. The van der Waals surface area contributed by atoms with Crippen molar-refractivity contribution in [2.45, 2.75) is 26.3 Å². The zero-order valence-electron chi connectivity index (χ0n) is 19.0. The van der Waals surface area contributed by atoms with Gasteiger partial charge in [0.1, 0.15) is 5.75 Å². The quantitative estimate of drug-likeness (QED) is 0.288. The topological polar surface area (TPSA) is 47.4 Å². The molecule has 1 aliphatic rings. The highest BCUT2D eigenvalue weighted by molar-refractivity contribution is 6.33. The van der Waals surface area contributed by atoms with Gasteiger partial charge in [-0.15, -0.1) is 0 Å². The fraction of sp³-hybridized carbons (Fsp3) is 0.214. The number of hydrogen-bond donors (Lipinski definition) is 0. The highest BCUT2D eigenvalue weighted by Gasteiger charge is 2.30. The second kappa shape index (κ2) is 9.74. The van der Waals surface area contributed by atoms with Gasteiger partial charge in [0, 0.05) is 6.54 Å². The van der Waals surface area contributed by atoms with E-state index in [1.807, 2.05) is 89.3 Å². The van der Waals surface area contributed by atoms with E-state index in [0.717, 1.165) is 29.8 Å². The smallest absolute Gasteiger partial charge is 0.255 e. The highest BCUT2D eigenvalue weighted by Crippen LogP contribution is 2.35. The molecule has 0 aliphatic heterocycles. The fourth-order valence-electron chi connectivity index (χ4n) is 4.00. The third kappa shape index (κ3) is 4.85. The van der Waals surface area contributed by atoms with Crippen LogP contribution in [0.1, 0.15) is 34.5 Å². The van der Waals surface area contributed by atoms with Gasteiger partial charge in [0.2, 0.25) is 5.88 Å². The van der Waals surface area contributed by atoms with Crippen LogP contribution in [-0.4, -0.2) is 27.1 Å². The van der Waals surface area contributed by atoms with Gasteiger partial charge >= 0.3 is 0 Å². The van der Waals surface area contributed by atoms with Crippen LogP contribution in [-0.2, 0) is 6.54 Å². The van der Waals surface area contributed by atoms with Crippen molar-refractivity contribution in [2.24, 2.45) is 5.92 Å². The van der Waals surface area contributed by atoms with Gasteiger partial charge in [-0.3, -0.25) is 4.79 Å². The second-order valence-electron chi connectivity index (χ2n) is 8.64. The first-order valence-corrected chi connectivity index (χ1v) is 11.9. The Balaban J connectivity index is 1.55. The fourth-order valence-corrected chi connectivity index (χ4v) is 4.21. The molecule has 172 valence electrons. The largest absolute Gasteiger partial charge is 0.439 e. The molecule has 5 rings (SSSR count). The third-order valence-electron chi connectivity index (χ3n) is 6.01. The lowest BCUT2D eigenvalue weighted by Crippen LogP contribution is -2.33. The lowest BCUT2D eigenvalue weighted by atomic mass is 10.1. The summed E-state index contributed by atoms with van der Waals surface area (Å²) in [6.07, 6.45) is 2.28. The van der Waals surface area contributed by atoms with Gasteiger partial charge in [0.25, 0.3) is 5.91 Å². The van der Waals surface area contributed by atoms with E-state index in [4.69, 9.17) is 21.4 Å². The number of amides is 1. The zero-order valence-corrected chi connectivity index (χ0v) is 19.8. The Morgan fingerprint density at radius 2 is 1.65 bits per heavy atom. The molecule has 1 saturated carbocycles. The lowest BCUT2D eigenvalue weighted by Gasteiger charge is -2.24. The number of rotatable bonds is 8. The second-order valence-corrected chi connectivity index (χ2v) is 9.05. The van der Waals surface area contributed by atoms with Gasteiger partial charge < -0.3 is 9.64 Å². The average Bonchev–Trinajstić information content (AvgIpc) is 3.64. The average molecular weight is 472 g/mol. The minimum absolute atomic E-state index is 0.0741. The van der Waals surface area contributed by atoms with Crippen molar-refractivity contribution in [3.8, 4) is 17.3 Å². The maximum absolute atomic E-state index is 13.6. The first-order valence-electron chi connectivity index (χ1n) is 11.5. The van der Waals surface area contributed by atoms with Crippen LogP contribution in [0.4, 0.5) is 0 Å². The Morgan fingerprint density at radius 1 is 1.00 bits per heavy atom. The van der Waals surface area contributed by atoms with Crippen LogP contribution in [0.25, 0.3) is 5.69 Å². The van der Waals surface area contributed by atoms with Gasteiger partial charge in [-0.1, -0.05) is 60.1 Å². The minimum atomic E-state index is -0.0741. The van der Waals surface area contributed by atoms with Crippen molar-refractivity contribution in [3.63, 3.8) is 0 Å². The van der Waals surface area contributed by atoms with E-state index in [-0.39, 0.29) is 5.91 Å². The van der Waals surface area contributed by atoms with Gasteiger partial charge in [0.15, 0.2) is 0 Å². The molecule has 0 radical (unpaired) electrons. The number of carbonyl (C=O) groups excluding carboxylic acids is 1. The molecule has 0 N–H and O–H groups in total. The summed E-state index contributed by atoms with van der Waals surface area (Å²) in [6, 6.07) is 26.8. The lowest BCUT2D eigenvalue weighted by molar-refractivity contribution is 0.0734. The number of hydrogen-bond acceptors (Lipinski definition) is 3. The predicted octanol–water partition coefficient (Wildman–Crippen LogP) is 6.68. The number of halogens is 1. The van der Waals surface area contributed by atoms with Crippen molar-refractivity contribution >= 4 is 17.5 Å². The van der Waals surface area contributed by atoms with E-state index < -0.39 is 0 Å². The Kier molecular flexibility index (Phi) is 6.37. The molecule has 34 heavy (non-hydrogen) atoms. The van der Waals surface area contributed by atoms with Crippen molar-refractivity contribution in [1.29, 1.82) is 0 Å². The number of nitrogens with zero attached hydrogens (tertiary/aromatic N) is 3. The van der Waals surface area contributed by atoms with Gasteiger partial charge in [0.05, 0.1) is 34.1 Å². The molecule has 1 amide bonds. The monoisotopic (exact) mass is 471 g/mol. The zero-order chi connectivity index (χ0) is 23.5. The van der Waals surface area contributed by atoms with Gasteiger partial charge in [-0.25, -0.2) is 4.68 Å². The van der Waals surface area contributed by atoms with Crippen LogP contribution >= 0.6 is 11.6 Å². The number of ether oxygens (including phenoxy) is 1. The van der Waals surface area contributed by atoms with Crippen molar-refractivity contribution in [3.05, 3.63) is 107 Å². The van der Waals surface area contributed by atoms with Crippen LogP contribution < -0.4 is 4.74 Å². The van der Waals surface area contributed by atoms with E-state index >= 15 is 0 Å². The summed E-state index contributed by atoms with van der Waals surface area (Å²) in [5.74, 6) is 1.78. The van der Waals surface area contributed by atoms with Crippen molar-refractivity contribution in [1.82, 2.24) is 14.7 Å². The summed E-state index contributed by atoms with van der Waals surface area (Å²) in [4.78, 5) is 15.4. The molecule has 0 saturated heterocycles. The van der Waals surface area contributed by atoms with Crippen molar-refractivity contribution < 1.29 is 9.53 Å². The van der Waals surface area contributed by atoms with E-state index in [9.17, 15) is 4.79 Å². The Morgan fingerprint density at radius 3 is 2.32 bits per heavy atom. The van der Waals surface area contributed by atoms with Gasteiger partial charge in [-0.05, 0) is 62.1 Å². The van der Waals surface area contributed by atoms with Crippen LogP contribution in [0.15, 0.2) is 84.9 Å². The first-order chi connectivity index (χ1) is 16.6. The van der Waals surface area contributed by atoms with Crippen molar-refractivity contribution in [2.75, 3.05) is 6.54 Å². The molecular formula is C28H26ClN3O2. The maximum atomic E-state index is 13.6. The SMILES string of the molecule is Cc1nn(-c2ccccc2)c(Oc2ccccc2)c1CN(CC1CC1)C(=O)c1ccccc1Cl. The van der Waals surface area contributed by atoms with E-state index in [0.29, 0.717) is 41.2 Å². The molecule has 0 spiro atoms. The molecule has 6 heteroatoms. The number of benzene rings is 3. The third-order valence-corrected chi connectivity index (χ3v) is 6.34. The molecule has 1 aromatic heterocycles. The summed E-state index contributed by atoms with van der Waals surface area (Å²) in [5, 5.41) is 5.27. The normalized spacial score (nSPS) is 13.0. The predicted molar refractivity (Wildman–Crippen MR) is 134 cm³/mol. The number of para-hydroxylation sites is 2. The van der Waals surface area contributed by atoms with E-state index in [2.05, 4.69) is 0 Å². The molecule has 0 unspecified atom stereocenters. The van der Waals surface area contributed by atoms with Gasteiger partial charge in [-0.2, -0.15) is 5.10 Å². The highest BCUT2D eigenvalue weighted by atomic mass is 35.5.